The maximum atomic E-state index is 10.9. The molecule has 0 spiro atoms. The highest BCUT2D eigenvalue weighted by Gasteiger charge is 2.59. The van der Waals surface area contributed by atoms with Gasteiger partial charge in [0.1, 0.15) is 5.60 Å². The maximum absolute atomic E-state index is 10.9. The van der Waals surface area contributed by atoms with Gasteiger partial charge in [-0.3, -0.25) is 0 Å². The van der Waals surface area contributed by atoms with Crippen molar-refractivity contribution in [2.24, 2.45) is 17.3 Å². The highest BCUT2D eigenvalue weighted by atomic mass is 17.0. The molecule has 4 bridgehead atoms. The van der Waals surface area contributed by atoms with Crippen LogP contribution >= 0.6 is 0 Å². The molecule has 0 aliphatic heterocycles. The Kier molecular flexibility index (Phi) is 2.34. The molecule has 4 aliphatic carbocycles. The lowest BCUT2D eigenvalue weighted by Crippen LogP contribution is -2.58. The Morgan fingerprint density at radius 1 is 1.28 bits per heavy atom. The lowest BCUT2D eigenvalue weighted by atomic mass is 9.47. The van der Waals surface area contributed by atoms with Crippen LogP contribution in [0.1, 0.15) is 44.9 Å². The van der Waals surface area contributed by atoms with Crippen LogP contribution in [0.5, 0.6) is 0 Å². The monoisotopic (exact) mass is 254 g/mol. The molecule has 18 heavy (non-hydrogen) atoms. The Morgan fingerprint density at radius 3 is 2.39 bits per heavy atom. The number of carboxylic acid groups (broad SMARTS) is 1. The van der Waals surface area contributed by atoms with Crippen molar-refractivity contribution in [2.75, 3.05) is 0 Å². The van der Waals surface area contributed by atoms with E-state index >= 15 is 0 Å². The highest BCUT2D eigenvalue weighted by Crippen LogP contribution is 2.63. The van der Waals surface area contributed by atoms with Gasteiger partial charge in [0, 0.05) is 5.97 Å². The Labute approximate surface area is 104 Å². The SMILES string of the molecule is O=C([O-])CC12C[C@H]3C[C@H](C1)CC(O[N+](=O)[O-])(C3)C2. The molecule has 0 amide bonds. The van der Waals surface area contributed by atoms with Crippen molar-refractivity contribution in [1.29, 1.82) is 0 Å². The summed E-state index contributed by atoms with van der Waals surface area (Å²) < 4.78 is 0. The van der Waals surface area contributed by atoms with Gasteiger partial charge >= 0.3 is 0 Å². The third-order valence-corrected chi connectivity index (χ3v) is 4.92. The van der Waals surface area contributed by atoms with E-state index in [-0.39, 0.29) is 11.8 Å². The van der Waals surface area contributed by atoms with Crippen molar-refractivity contribution in [2.45, 2.75) is 50.5 Å². The minimum Gasteiger partial charge on any atom is -0.550 e. The molecule has 0 unspecified atom stereocenters. The molecule has 4 fully saturated rings. The average molecular weight is 254 g/mol. The number of carboxylic acids is 1. The molecule has 4 saturated carbocycles. The fourth-order valence-corrected chi connectivity index (χ4v) is 5.14. The molecule has 0 aromatic rings. The second kappa shape index (κ2) is 3.59. The zero-order chi connectivity index (χ0) is 13.0. The van der Waals surface area contributed by atoms with E-state index in [1.807, 2.05) is 0 Å². The van der Waals surface area contributed by atoms with Gasteiger partial charge in [-0.1, -0.05) is 0 Å². The quantitative estimate of drug-likeness (QED) is 0.543. The summed E-state index contributed by atoms with van der Waals surface area (Å²) in [6.07, 6.45) is 4.72. The molecule has 0 saturated heterocycles. The minimum atomic E-state index is -1.05. The van der Waals surface area contributed by atoms with E-state index in [1.54, 1.807) is 0 Å². The molecular weight excluding hydrogens is 238 g/mol. The zero-order valence-corrected chi connectivity index (χ0v) is 10.1. The normalized spacial score (nSPS) is 44.9. The van der Waals surface area contributed by atoms with Crippen LogP contribution in [0.2, 0.25) is 0 Å². The molecule has 0 aromatic heterocycles. The lowest BCUT2D eigenvalue weighted by molar-refractivity contribution is -0.785. The molecule has 0 heterocycles. The third kappa shape index (κ3) is 1.83. The Bertz CT molecular complexity index is 359. The molecule has 6 heteroatoms. The van der Waals surface area contributed by atoms with Gasteiger partial charge in [-0.2, -0.15) is 0 Å². The van der Waals surface area contributed by atoms with Crippen molar-refractivity contribution in [1.82, 2.24) is 0 Å². The first-order valence-corrected chi connectivity index (χ1v) is 6.44. The molecule has 0 N–H and O–H groups in total. The Morgan fingerprint density at radius 2 is 1.89 bits per heavy atom. The summed E-state index contributed by atoms with van der Waals surface area (Å²) in [6.45, 7) is 0. The van der Waals surface area contributed by atoms with Crippen LogP contribution in [0.15, 0.2) is 0 Å². The molecule has 0 radical (unpaired) electrons. The first-order chi connectivity index (χ1) is 8.40. The predicted molar refractivity (Wildman–Crippen MR) is 57.5 cm³/mol. The first kappa shape index (κ1) is 11.7. The molecule has 4 aliphatic rings. The van der Waals surface area contributed by atoms with E-state index < -0.39 is 16.7 Å². The molecule has 100 valence electrons. The smallest absolute Gasteiger partial charge is 0.295 e. The van der Waals surface area contributed by atoms with Gasteiger partial charge in [-0.05, 0) is 62.2 Å². The van der Waals surface area contributed by atoms with Gasteiger partial charge in [-0.15, -0.1) is 10.1 Å². The second-order valence-electron chi connectivity index (χ2n) is 6.51. The van der Waals surface area contributed by atoms with Crippen LogP contribution in [-0.4, -0.2) is 16.7 Å². The molecular formula is C12H16NO5-. The summed E-state index contributed by atoms with van der Waals surface area (Å²) in [5, 5.41) is 20.9. The fraction of sp³-hybridized carbons (Fsp3) is 0.917. The zero-order valence-electron chi connectivity index (χ0n) is 10.1. The van der Waals surface area contributed by atoms with Crippen LogP contribution in [0.3, 0.4) is 0 Å². The van der Waals surface area contributed by atoms with Crippen LogP contribution in [0.4, 0.5) is 0 Å². The fourth-order valence-electron chi connectivity index (χ4n) is 5.14. The van der Waals surface area contributed by atoms with Gasteiger partial charge in [0.25, 0.3) is 5.09 Å². The summed E-state index contributed by atoms with van der Waals surface area (Å²) in [7, 11) is 0. The number of carbonyl (C=O) groups excluding carboxylic acids is 1. The molecule has 2 atom stereocenters. The third-order valence-electron chi connectivity index (χ3n) is 4.92. The summed E-state index contributed by atoms with van der Waals surface area (Å²) in [6, 6.07) is 0. The van der Waals surface area contributed by atoms with Crippen LogP contribution in [0, 0.1) is 27.4 Å². The number of hydrogen-bond donors (Lipinski definition) is 0. The molecule has 0 aromatic carbocycles. The van der Waals surface area contributed by atoms with Crippen molar-refractivity contribution in [3.05, 3.63) is 10.1 Å². The lowest BCUT2D eigenvalue weighted by Gasteiger charge is -2.61. The number of carbonyl (C=O) groups is 1. The van der Waals surface area contributed by atoms with E-state index in [0.29, 0.717) is 31.1 Å². The van der Waals surface area contributed by atoms with E-state index in [4.69, 9.17) is 4.84 Å². The summed E-state index contributed by atoms with van der Waals surface area (Å²) in [5.41, 5.74) is -1.04. The van der Waals surface area contributed by atoms with Gasteiger partial charge < -0.3 is 14.7 Å². The van der Waals surface area contributed by atoms with E-state index in [9.17, 15) is 20.0 Å². The van der Waals surface area contributed by atoms with Crippen molar-refractivity contribution in [3.8, 4) is 0 Å². The van der Waals surface area contributed by atoms with Crippen LogP contribution in [0.25, 0.3) is 0 Å². The topological polar surface area (TPSA) is 92.5 Å². The second-order valence-corrected chi connectivity index (χ2v) is 6.51. The number of hydrogen-bond acceptors (Lipinski definition) is 5. The summed E-state index contributed by atoms with van der Waals surface area (Å²) >= 11 is 0. The largest absolute Gasteiger partial charge is 0.550 e. The minimum absolute atomic E-state index is 0.0167. The maximum Gasteiger partial charge on any atom is 0.295 e. The van der Waals surface area contributed by atoms with Crippen molar-refractivity contribution < 1.29 is 19.8 Å². The summed E-state index contributed by atoms with van der Waals surface area (Å²) in [5.74, 6) is -0.288. The van der Waals surface area contributed by atoms with Crippen LogP contribution < -0.4 is 5.11 Å². The predicted octanol–water partition coefficient (Wildman–Crippen LogP) is 0.674. The van der Waals surface area contributed by atoms with E-state index in [1.165, 1.54) is 0 Å². The van der Waals surface area contributed by atoms with Crippen LogP contribution in [-0.2, 0) is 9.63 Å². The van der Waals surface area contributed by atoms with Gasteiger partial charge in [0.2, 0.25) is 0 Å². The molecule has 4 rings (SSSR count). The number of nitrogens with zero attached hydrogens (tertiary/aromatic N) is 1. The van der Waals surface area contributed by atoms with Gasteiger partial charge in [-0.25, -0.2) is 0 Å². The first-order valence-electron chi connectivity index (χ1n) is 6.44. The Balaban J connectivity index is 1.87. The van der Waals surface area contributed by atoms with Crippen molar-refractivity contribution >= 4 is 5.97 Å². The van der Waals surface area contributed by atoms with Gasteiger partial charge in [0.15, 0.2) is 0 Å². The number of rotatable bonds is 4. The van der Waals surface area contributed by atoms with Crippen molar-refractivity contribution in [3.63, 3.8) is 0 Å². The van der Waals surface area contributed by atoms with E-state index in [2.05, 4.69) is 0 Å². The average Bonchev–Trinajstić information content (AvgIpc) is 2.08. The standard InChI is InChI=1S/C12H17NO5/c14-10(15)6-11-2-8-1-9(3-11)5-12(4-8,7-11)18-13(16)17/h8-9H,1-7H2,(H,14,15)/p-1/t8-,9-,11?,12?/m1/s1. The van der Waals surface area contributed by atoms with E-state index in [0.717, 1.165) is 19.3 Å². The molecule has 6 nitrogen and oxygen atoms in total. The highest BCUT2D eigenvalue weighted by molar-refractivity contribution is 5.65. The Hall–Kier alpha value is -1.33. The number of aliphatic carboxylic acids is 1. The van der Waals surface area contributed by atoms with Gasteiger partial charge in [0.05, 0.1) is 0 Å². The summed E-state index contributed by atoms with van der Waals surface area (Å²) in [4.78, 5) is 26.6.